The first-order valence-corrected chi connectivity index (χ1v) is 7.39. The van der Waals surface area contributed by atoms with Crippen LogP contribution in [0.15, 0.2) is 41.0 Å². The van der Waals surface area contributed by atoms with Gasteiger partial charge in [-0.1, -0.05) is 19.9 Å². The average molecular weight is 297 g/mol. The summed E-state index contributed by atoms with van der Waals surface area (Å²) in [5.74, 6) is 2.04. The van der Waals surface area contributed by atoms with Crippen LogP contribution in [-0.4, -0.2) is 15.9 Å². The van der Waals surface area contributed by atoms with Gasteiger partial charge in [0.05, 0.1) is 30.3 Å². The molecule has 0 atom stereocenters. The molecule has 2 N–H and O–H groups in total. The van der Waals surface area contributed by atoms with Crippen molar-refractivity contribution in [3.8, 4) is 0 Å². The van der Waals surface area contributed by atoms with E-state index >= 15 is 0 Å². The normalized spacial score (nSPS) is 11.2. The lowest BCUT2D eigenvalue weighted by Crippen LogP contribution is -2.24. The van der Waals surface area contributed by atoms with Gasteiger partial charge in [0.2, 0.25) is 5.91 Å². The Balaban J connectivity index is 1.66. The van der Waals surface area contributed by atoms with Crippen LogP contribution in [0.3, 0.4) is 0 Å². The van der Waals surface area contributed by atoms with Crippen molar-refractivity contribution in [3.05, 3.63) is 53.7 Å². The minimum absolute atomic E-state index is 0.0284. The number of aromatic amines is 1. The lowest BCUT2D eigenvalue weighted by atomic mass is 10.1. The summed E-state index contributed by atoms with van der Waals surface area (Å²) >= 11 is 0. The number of hydrogen-bond acceptors (Lipinski definition) is 3. The van der Waals surface area contributed by atoms with Gasteiger partial charge in [0.15, 0.2) is 0 Å². The van der Waals surface area contributed by atoms with Gasteiger partial charge >= 0.3 is 0 Å². The van der Waals surface area contributed by atoms with Crippen LogP contribution in [0, 0.1) is 0 Å². The second kappa shape index (κ2) is 6.05. The lowest BCUT2D eigenvalue weighted by molar-refractivity contribution is -0.120. The number of aromatic nitrogens is 2. The van der Waals surface area contributed by atoms with E-state index in [1.165, 1.54) is 0 Å². The molecule has 1 aromatic carbocycles. The highest BCUT2D eigenvalue weighted by atomic mass is 16.3. The number of imidazole rings is 1. The van der Waals surface area contributed by atoms with Crippen molar-refractivity contribution in [2.24, 2.45) is 0 Å². The second-order valence-corrected chi connectivity index (χ2v) is 5.66. The smallest absolute Gasteiger partial charge is 0.224 e. The van der Waals surface area contributed by atoms with E-state index in [-0.39, 0.29) is 5.91 Å². The number of furan rings is 1. The van der Waals surface area contributed by atoms with Gasteiger partial charge in [0.1, 0.15) is 11.6 Å². The summed E-state index contributed by atoms with van der Waals surface area (Å²) < 4.78 is 5.19. The van der Waals surface area contributed by atoms with Crippen LogP contribution in [0.5, 0.6) is 0 Å². The Hall–Kier alpha value is -2.56. The van der Waals surface area contributed by atoms with Crippen molar-refractivity contribution in [2.75, 3.05) is 0 Å². The molecule has 2 aromatic heterocycles. The molecule has 0 fully saturated rings. The van der Waals surface area contributed by atoms with E-state index in [1.54, 1.807) is 12.3 Å². The zero-order chi connectivity index (χ0) is 15.5. The van der Waals surface area contributed by atoms with Gasteiger partial charge in [-0.3, -0.25) is 4.79 Å². The van der Waals surface area contributed by atoms with E-state index in [0.29, 0.717) is 18.9 Å². The Morgan fingerprint density at radius 1 is 1.36 bits per heavy atom. The number of fused-ring (bicyclic) bond motifs is 1. The molecule has 0 saturated heterocycles. The van der Waals surface area contributed by atoms with E-state index in [0.717, 1.165) is 28.2 Å². The molecule has 2 heterocycles. The first kappa shape index (κ1) is 14.4. The minimum atomic E-state index is -0.0284. The molecule has 22 heavy (non-hydrogen) atoms. The second-order valence-electron chi connectivity index (χ2n) is 5.66. The van der Waals surface area contributed by atoms with Gasteiger partial charge in [-0.15, -0.1) is 0 Å². The van der Waals surface area contributed by atoms with Crippen molar-refractivity contribution in [1.29, 1.82) is 0 Å². The lowest BCUT2D eigenvalue weighted by Gasteiger charge is -2.03. The zero-order valence-electron chi connectivity index (χ0n) is 12.7. The van der Waals surface area contributed by atoms with Crippen LogP contribution in [-0.2, 0) is 17.8 Å². The molecule has 5 nitrogen and oxygen atoms in total. The Morgan fingerprint density at radius 2 is 2.23 bits per heavy atom. The van der Waals surface area contributed by atoms with Gasteiger partial charge in [-0.2, -0.15) is 0 Å². The predicted molar refractivity (Wildman–Crippen MR) is 84.4 cm³/mol. The van der Waals surface area contributed by atoms with Crippen LogP contribution in [0.25, 0.3) is 11.0 Å². The number of carbonyl (C=O) groups is 1. The molecule has 0 unspecified atom stereocenters. The third kappa shape index (κ3) is 3.19. The van der Waals surface area contributed by atoms with E-state index in [1.807, 2.05) is 24.3 Å². The Bertz CT molecular complexity index is 772. The molecule has 0 radical (unpaired) electrons. The van der Waals surface area contributed by atoms with E-state index < -0.39 is 0 Å². The van der Waals surface area contributed by atoms with Gasteiger partial charge in [-0.25, -0.2) is 4.98 Å². The van der Waals surface area contributed by atoms with E-state index in [9.17, 15) is 4.79 Å². The summed E-state index contributed by atoms with van der Waals surface area (Å²) in [6.07, 6.45) is 1.94. The molecule has 3 rings (SSSR count). The quantitative estimate of drug-likeness (QED) is 0.760. The molecule has 5 heteroatoms. The van der Waals surface area contributed by atoms with E-state index in [2.05, 4.69) is 29.1 Å². The SMILES string of the molecule is CC(C)c1nc2ccc(CC(=O)NCc3ccco3)cc2[nH]1. The number of carbonyl (C=O) groups excluding carboxylic acids is 1. The van der Waals surface area contributed by atoms with Crippen molar-refractivity contribution in [1.82, 2.24) is 15.3 Å². The maximum absolute atomic E-state index is 12.0. The van der Waals surface area contributed by atoms with Crippen molar-refractivity contribution >= 4 is 16.9 Å². The summed E-state index contributed by atoms with van der Waals surface area (Å²) in [6, 6.07) is 9.53. The fourth-order valence-corrected chi connectivity index (χ4v) is 2.31. The molecule has 0 bridgehead atoms. The number of hydrogen-bond donors (Lipinski definition) is 2. The number of benzene rings is 1. The van der Waals surface area contributed by atoms with Crippen molar-refractivity contribution in [2.45, 2.75) is 32.7 Å². The molecule has 0 aliphatic rings. The van der Waals surface area contributed by atoms with Gasteiger partial charge in [0.25, 0.3) is 0 Å². The number of amides is 1. The predicted octanol–water partition coefficient (Wildman–Crippen LogP) is 3.14. The number of rotatable bonds is 5. The fourth-order valence-electron chi connectivity index (χ4n) is 2.31. The van der Waals surface area contributed by atoms with Gasteiger partial charge < -0.3 is 14.7 Å². The van der Waals surface area contributed by atoms with Gasteiger partial charge in [0, 0.05) is 5.92 Å². The van der Waals surface area contributed by atoms with Crippen molar-refractivity contribution < 1.29 is 9.21 Å². The highest BCUT2D eigenvalue weighted by Crippen LogP contribution is 2.18. The maximum Gasteiger partial charge on any atom is 0.224 e. The zero-order valence-corrected chi connectivity index (χ0v) is 12.7. The molecule has 0 spiro atoms. The summed E-state index contributed by atoms with van der Waals surface area (Å²) in [5.41, 5.74) is 2.87. The molecule has 0 aliphatic heterocycles. The summed E-state index contributed by atoms with van der Waals surface area (Å²) in [6.45, 7) is 4.61. The number of nitrogens with one attached hydrogen (secondary N) is 2. The first-order valence-electron chi connectivity index (χ1n) is 7.39. The highest BCUT2D eigenvalue weighted by Gasteiger charge is 2.09. The molecule has 0 saturated carbocycles. The third-order valence-electron chi connectivity index (χ3n) is 3.52. The van der Waals surface area contributed by atoms with Crippen molar-refractivity contribution in [3.63, 3.8) is 0 Å². The van der Waals surface area contributed by atoms with E-state index in [4.69, 9.17) is 4.42 Å². The van der Waals surface area contributed by atoms with Gasteiger partial charge in [-0.05, 0) is 29.8 Å². The van der Waals surface area contributed by atoms with Crippen LogP contribution >= 0.6 is 0 Å². The van der Waals surface area contributed by atoms with Crippen LogP contribution in [0.1, 0.15) is 36.9 Å². The van der Waals surface area contributed by atoms with Crippen LogP contribution in [0.2, 0.25) is 0 Å². The van der Waals surface area contributed by atoms with Crippen LogP contribution in [0.4, 0.5) is 0 Å². The molecular weight excluding hydrogens is 278 g/mol. The average Bonchev–Trinajstić information content (AvgIpc) is 3.14. The molecule has 3 aromatic rings. The largest absolute Gasteiger partial charge is 0.467 e. The first-order chi connectivity index (χ1) is 10.6. The Labute approximate surface area is 128 Å². The number of nitrogens with zero attached hydrogens (tertiary/aromatic N) is 1. The highest BCUT2D eigenvalue weighted by molar-refractivity contribution is 5.81. The topological polar surface area (TPSA) is 70.9 Å². The monoisotopic (exact) mass is 297 g/mol. The fraction of sp³-hybridized carbons (Fsp3) is 0.294. The standard InChI is InChI=1S/C17H19N3O2/c1-11(2)17-19-14-6-5-12(8-15(14)20-17)9-16(21)18-10-13-4-3-7-22-13/h3-8,11H,9-10H2,1-2H3,(H,18,21)(H,19,20). The summed E-state index contributed by atoms with van der Waals surface area (Å²) in [7, 11) is 0. The van der Waals surface area contributed by atoms with Crippen LogP contribution < -0.4 is 5.32 Å². The molecule has 1 amide bonds. The molecular formula is C17H19N3O2. The minimum Gasteiger partial charge on any atom is -0.467 e. The number of H-pyrrole nitrogens is 1. The Kier molecular flexibility index (Phi) is 3.96. The summed E-state index contributed by atoms with van der Waals surface area (Å²) in [4.78, 5) is 19.8. The molecule has 114 valence electrons. The Morgan fingerprint density at radius 3 is 2.95 bits per heavy atom. The summed E-state index contributed by atoms with van der Waals surface area (Å²) in [5, 5.41) is 2.85. The molecule has 0 aliphatic carbocycles. The third-order valence-corrected chi connectivity index (χ3v) is 3.52. The maximum atomic E-state index is 12.0.